The SMILES string of the molecule is COc1ccc(/N=C/c2ccccc2/C=C\Cl)cc1. The zero-order valence-electron chi connectivity index (χ0n) is 10.6. The van der Waals surface area contributed by atoms with Gasteiger partial charge in [-0.1, -0.05) is 35.9 Å². The highest BCUT2D eigenvalue weighted by Crippen LogP contribution is 2.18. The molecule has 0 atom stereocenters. The first kappa shape index (κ1) is 13.4. The van der Waals surface area contributed by atoms with E-state index in [1.165, 1.54) is 5.54 Å². The average Bonchev–Trinajstić information content (AvgIpc) is 2.47. The van der Waals surface area contributed by atoms with E-state index in [0.29, 0.717) is 0 Å². The van der Waals surface area contributed by atoms with Crippen molar-refractivity contribution in [2.45, 2.75) is 0 Å². The lowest BCUT2D eigenvalue weighted by Crippen LogP contribution is -1.85. The van der Waals surface area contributed by atoms with Gasteiger partial charge in [-0.2, -0.15) is 0 Å². The fourth-order valence-electron chi connectivity index (χ4n) is 1.66. The van der Waals surface area contributed by atoms with E-state index >= 15 is 0 Å². The van der Waals surface area contributed by atoms with Crippen LogP contribution in [0.25, 0.3) is 6.08 Å². The quantitative estimate of drug-likeness (QED) is 0.742. The molecule has 0 heterocycles. The van der Waals surface area contributed by atoms with Crippen LogP contribution in [0.15, 0.2) is 59.1 Å². The van der Waals surface area contributed by atoms with Gasteiger partial charge in [0.15, 0.2) is 0 Å². The number of ether oxygens (including phenoxy) is 1. The Morgan fingerprint density at radius 1 is 1.00 bits per heavy atom. The van der Waals surface area contributed by atoms with Gasteiger partial charge < -0.3 is 4.74 Å². The zero-order valence-corrected chi connectivity index (χ0v) is 11.3. The van der Waals surface area contributed by atoms with Gasteiger partial charge >= 0.3 is 0 Å². The van der Waals surface area contributed by atoms with Gasteiger partial charge in [0, 0.05) is 11.7 Å². The Bertz CT molecular complexity index is 588. The summed E-state index contributed by atoms with van der Waals surface area (Å²) in [5.41, 5.74) is 4.44. The van der Waals surface area contributed by atoms with E-state index in [4.69, 9.17) is 16.3 Å². The maximum absolute atomic E-state index is 5.62. The second kappa shape index (κ2) is 6.76. The molecule has 0 aromatic heterocycles. The molecular formula is C16H14ClNO. The molecule has 0 unspecified atom stereocenters. The van der Waals surface area contributed by atoms with Gasteiger partial charge in [-0.3, -0.25) is 4.99 Å². The maximum Gasteiger partial charge on any atom is 0.119 e. The molecule has 0 aliphatic heterocycles. The van der Waals surface area contributed by atoms with E-state index in [1.54, 1.807) is 7.11 Å². The number of methoxy groups -OCH3 is 1. The van der Waals surface area contributed by atoms with Gasteiger partial charge in [0.2, 0.25) is 0 Å². The number of rotatable bonds is 4. The van der Waals surface area contributed by atoms with Crippen molar-refractivity contribution in [1.82, 2.24) is 0 Å². The van der Waals surface area contributed by atoms with Crippen LogP contribution in [0.2, 0.25) is 0 Å². The van der Waals surface area contributed by atoms with Crippen molar-refractivity contribution in [2.24, 2.45) is 4.99 Å². The fraction of sp³-hybridized carbons (Fsp3) is 0.0625. The summed E-state index contributed by atoms with van der Waals surface area (Å²) in [6, 6.07) is 15.5. The Kier molecular flexibility index (Phi) is 4.76. The molecule has 0 N–H and O–H groups in total. The van der Waals surface area contributed by atoms with Gasteiger partial charge in [0.1, 0.15) is 5.75 Å². The second-order valence-corrected chi connectivity index (χ2v) is 4.13. The van der Waals surface area contributed by atoms with Gasteiger partial charge in [0.05, 0.1) is 12.8 Å². The number of benzene rings is 2. The van der Waals surface area contributed by atoms with E-state index in [2.05, 4.69) is 4.99 Å². The molecule has 0 aliphatic carbocycles. The third kappa shape index (κ3) is 3.70. The molecule has 0 spiro atoms. The molecule has 3 heteroatoms. The number of nitrogens with zero attached hydrogens (tertiary/aromatic N) is 1. The van der Waals surface area contributed by atoms with Crippen molar-refractivity contribution in [3.05, 3.63) is 65.2 Å². The fourth-order valence-corrected chi connectivity index (χ4v) is 1.80. The van der Waals surface area contributed by atoms with Crippen LogP contribution in [0.4, 0.5) is 5.69 Å². The van der Waals surface area contributed by atoms with E-state index in [0.717, 1.165) is 22.6 Å². The van der Waals surface area contributed by atoms with E-state index in [1.807, 2.05) is 60.8 Å². The van der Waals surface area contributed by atoms with Crippen LogP contribution in [0.3, 0.4) is 0 Å². The minimum absolute atomic E-state index is 0.824. The summed E-state index contributed by atoms with van der Waals surface area (Å²) in [6.07, 6.45) is 3.67. The topological polar surface area (TPSA) is 21.6 Å². The summed E-state index contributed by atoms with van der Waals surface area (Å²) in [6.45, 7) is 0. The predicted octanol–water partition coefficient (Wildman–Crippen LogP) is 4.66. The third-order valence-corrected chi connectivity index (χ3v) is 2.79. The third-order valence-electron chi connectivity index (χ3n) is 2.66. The summed E-state index contributed by atoms with van der Waals surface area (Å²) in [5, 5.41) is 0. The predicted molar refractivity (Wildman–Crippen MR) is 81.6 cm³/mol. The van der Waals surface area contributed by atoms with Crippen molar-refractivity contribution < 1.29 is 4.74 Å². The van der Waals surface area contributed by atoms with Gasteiger partial charge in [-0.15, -0.1) is 0 Å². The van der Waals surface area contributed by atoms with E-state index < -0.39 is 0 Å². The molecule has 0 amide bonds. The molecule has 0 aliphatic rings. The lowest BCUT2D eigenvalue weighted by atomic mass is 10.1. The molecule has 0 bridgehead atoms. The normalized spacial score (nSPS) is 11.3. The highest BCUT2D eigenvalue weighted by Gasteiger charge is 1.95. The molecule has 0 radical (unpaired) electrons. The standard InChI is InChI=1S/C16H14ClNO/c1-19-16-8-6-15(7-9-16)18-12-14-5-3-2-4-13(14)10-11-17/h2-12H,1H3/b11-10-,18-12+. The minimum Gasteiger partial charge on any atom is -0.497 e. The van der Waals surface area contributed by atoms with Gasteiger partial charge in [-0.05, 0) is 41.5 Å². The first-order chi connectivity index (χ1) is 9.33. The molecule has 0 fully saturated rings. The van der Waals surface area contributed by atoms with E-state index in [-0.39, 0.29) is 0 Å². The van der Waals surface area contributed by atoms with Crippen molar-refractivity contribution in [1.29, 1.82) is 0 Å². The summed E-state index contributed by atoms with van der Waals surface area (Å²) in [5.74, 6) is 0.824. The molecule has 0 saturated heterocycles. The number of halogens is 1. The molecular weight excluding hydrogens is 258 g/mol. The minimum atomic E-state index is 0.824. The smallest absolute Gasteiger partial charge is 0.119 e. The van der Waals surface area contributed by atoms with Gasteiger partial charge in [-0.25, -0.2) is 0 Å². The molecule has 96 valence electrons. The van der Waals surface area contributed by atoms with Crippen molar-refractivity contribution in [2.75, 3.05) is 7.11 Å². The molecule has 2 nitrogen and oxygen atoms in total. The first-order valence-electron chi connectivity index (χ1n) is 5.87. The summed E-state index contributed by atoms with van der Waals surface area (Å²) in [7, 11) is 1.65. The largest absolute Gasteiger partial charge is 0.497 e. The summed E-state index contributed by atoms with van der Waals surface area (Å²) < 4.78 is 5.11. The van der Waals surface area contributed by atoms with Crippen LogP contribution >= 0.6 is 11.6 Å². The summed E-state index contributed by atoms with van der Waals surface area (Å²) >= 11 is 5.62. The number of hydrogen-bond donors (Lipinski definition) is 0. The van der Waals surface area contributed by atoms with Crippen LogP contribution in [-0.2, 0) is 0 Å². The first-order valence-corrected chi connectivity index (χ1v) is 6.31. The van der Waals surface area contributed by atoms with Gasteiger partial charge in [0.25, 0.3) is 0 Å². The van der Waals surface area contributed by atoms with Crippen LogP contribution in [-0.4, -0.2) is 13.3 Å². The molecule has 2 rings (SSSR count). The molecule has 0 saturated carbocycles. The van der Waals surface area contributed by atoms with E-state index in [9.17, 15) is 0 Å². The van der Waals surface area contributed by atoms with Crippen molar-refractivity contribution >= 4 is 29.6 Å². The Balaban J connectivity index is 2.22. The van der Waals surface area contributed by atoms with Crippen LogP contribution in [0, 0.1) is 0 Å². The highest BCUT2D eigenvalue weighted by molar-refractivity contribution is 6.27. The van der Waals surface area contributed by atoms with Crippen molar-refractivity contribution in [3.8, 4) is 5.75 Å². The van der Waals surface area contributed by atoms with Crippen LogP contribution < -0.4 is 4.74 Å². The lowest BCUT2D eigenvalue weighted by Gasteiger charge is -2.01. The van der Waals surface area contributed by atoms with Crippen molar-refractivity contribution in [3.63, 3.8) is 0 Å². The Hall–Kier alpha value is -2.06. The Morgan fingerprint density at radius 2 is 1.68 bits per heavy atom. The van der Waals surface area contributed by atoms with Crippen LogP contribution in [0.1, 0.15) is 11.1 Å². The lowest BCUT2D eigenvalue weighted by molar-refractivity contribution is 0.415. The Morgan fingerprint density at radius 3 is 2.32 bits per heavy atom. The summed E-state index contributed by atoms with van der Waals surface area (Å²) in [4.78, 5) is 4.44. The average molecular weight is 272 g/mol. The molecule has 2 aromatic rings. The number of aliphatic imine (C=N–C) groups is 1. The molecule has 2 aromatic carbocycles. The molecule has 19 heavy (non-hydrogen) atoms. The highest BCUT2D eigenvalue weighted by atomic mass is 35.5. The Labute approximate surface area is 118 Å². The van der Waals surface area contributed by atoms with Crippen LogP contribution in [0.5, 0.6) is 5.75 Å². The zero-order chi connectivity index (χ0) is 13.5. The second-order valence-electron chi connectivity index (χ2n) is 3.88. The monoisotopic (exact) mass is 271 g/mol. The number of hydrogen-bond acceptors (Lipinski definition) is 2. The maximum atomic E-state index is 5.62.